The molecule has 0 amide bonds. The zero-order valence-corrected chi connectivity index (χ0v) is 14.5. The summed E-state index contributed by atoms with van der Waals surface area (Å²) in [6.45, 7) is 0. The Labute approximate surface area is 141 Å². The maximum atomic E-state index is 12.6. The molecule has 1 aromatic carbocycles. The Morgan fingerprint density at radius 1 is 1.00 bits per heavy atom. The average Bonchev–Trinajstić information content (AvgIpc) is 2.60. The van der Waals surface area contributed by atoms with E-state index in [0.29, 0.717) is 12.8 Å². The fourth-order valence-corrected chi connectivity index (χ4v) is 4.32. The van der Waals surface area contributed by atoms with Gasteiger partial charge in [0.15, 0.2) is 0 Å². The third-order valence-corrected chi connectivity index (χ3v) is 5.75. The summed E-state index contributed by atoms with van der Waals surface area (Å²) < 4.78 is 37.2. The highest BCUT2D eigenvalue weighted by Crippen LogP contribution is 2.31. The highest BCUT2D eigenvalue weighted by molar-refractivity contribution is 7.89. The normalized spacial score (nSPS) is 17.1. The zero-order chi connectivity index (χ0) is 17.8. The van der Waals surface area contributed by atoms with Gasteiger partial charge in [-0.15, -0.1) is 0 Å². The van der Waals surface area contributed by atoms with Gasteiger partial charge in [0.2, 0.25) is 10.0 Å². The summed E-state index contributed by atoms with van der Waals surface area (Å²) in [6.07, 6.45) is 3.25. The van der Waals surface area contributed by atoms with Gasteiger partial charge in [-0.25, -0.2) is 13.2 Å². The highest BCUT2D eigenvalue weighted by atomic mass is 32.2. The summed E-state index contributed by atoms with van der Waals surface area (Å²) in [4.78, 5) is 23.6. The van der Waals surface area contributed by atoms with Crippen molar-refractivity contribution in [2.45, 2.75) is 42.5 Å². The molecule has 1 N–H and O–H groups in total. The zero-order valence-electron chi connectivity index (χ0n) is 13.7. The van der Waals surface area contributed by atoms with E-state index in [9.17, 15) is 18.0 Å². The van der Waals surface area contributed by atoms with Crippen LogP contribution in [0.25, 0.3) is 0 Å². The summed E-state index contributed by atoms with van der Waals surface area (Å²) in [5.74, 6) is -1.12. The molecule has 1 fully saturated rings. The van der Waals surface area contributed by atoms with E-state index in [1.807, 2.05) is 0 Å². The van der Waals surface area contributed by atoms with Crippen LogP contribution in [0.1, 0.15) is 42.5 Å². The average molecular weight is 355 g/mol. The van der Waals surface area contributed by atoms with E-state index in [1.165, 1.54) is 38.5 Å². The molecule has 0 bridgehead atoms. The van der Waals surface area contributed by atoms with Gasteiger partial charge in [-0.05, 0) is 37.1 Å². The van der Waals surface area contributed by atoms with E-state index in [0.717, 1.165) is 19.3 Å². The SMILES string of the molecule is COC(=O)c1ccc(S(=O)(=O)NC2(C(=O)OC)CCCCC2)cc1. The maximum Gasteiger partial charge on any atom is 0.337 e. The molecule has 0 aliphatic heterocycles. The Hall–Kier alpha value is -1.93. The predicted octanol–water partition coefficient (Wildman–Crippen LogP) is 1.63. The molecule has 0 spiro atoms. The van der Waals surface area contributed by atoms with Crippen LogP contribution >= 0.6 is 0 Å². The minimum atomic E-state index is -3.93. The first kappa shape index (κ1) is 18.4. The standard InChI is InChI=1S/C16H21NO6S/c1-22-14(18)12-6-8-13(9-7-12)24(20,21)17-16(15(19)23-2)10-4-3-5-11-16/h6-9,17H,3-5,10-11H2,1-2H3. The summed E-state index contributed by atoms with van der Waals surface area (Å²) >= 11 is 0. The molecule has 0 aromatic heterocycles. The van der Waals surface area contributed by atoms with Gasteiger partial charge >= 0.3 is 11.9 Å². The largest absolute Gasteiger partial charge is 0.468 e. The molecule has 2 rings (SSSR count). The van der Waals surface area contributed by atoms with Crippen molar-refractivity contribution in [2.24, 2.45) is 0 Å². The lowest BCUT2D eigenvalue weighted by molar-refractivity contribution is -0.149. The topological polar surface area (TPSA) is 98.8 Å². The molecule has 0 unspecified atom stereocenters. The van der Waals surface area contributed by atoms with Crippen LogP contribution in [0.4, 0.5) is 0 Å². The Balaban J connectivity index is 2.28. The van der Waals surface area contributed by atoms with Crippen LogP contribution < -0.4 is 4.72 Å². The third-order valence-electron chi connectivity index (χ3n) is 4.20. The number of hydrogen-bond donors (Lipinski definition) is 1. The molecular formula is C16H21NO6S. The Morgan fingerprint density at radius 3 is 2.08 bits per heavy atom. The maximum absolute atomic E-state index is 12.6. The van der Waals surface area contributed by atoms with Crippen LogP contribution in [0, 0.1) is 0 Å². The van der Waals surface area contributed by atoms with Crippen molar-refractivity contribution < 1.29 is 27.5 Å². The molecule has 1 saturated carbocycles. The fraction of sp³-hybridized carbons (Fsp3) is 0.500. The van der Waals surface area contributed by atoms with Crippen molar-refractivity contribution in [1.82, 2.24) is 4.72 Å². The number of carbonyl (C=O) groups is 2. The summed E-state index contributed by atoms with van der Waals surface area (Å²) in [7, 11) is -1.43. The third kappa shape index (κ3) is 3.76. The van der Waals surface area contributed by atoms with Crippen molar-refractivity contribution in [2.75, 3.05) is 14.2 Å². The van der Waals surface area contributed by atoms with Crippen LogP contribution in [0.15, 0.2) is 29.2 Å². The van der Waals surface area contributed by atoms with Gasteiger partial charge < -0.3 is 9.47 Å². The number of carbonyl (C=O) groups excluding carboxylic acids is 2. The molecule has 0 saturated heterocycles. The van der Waals surface area contributed by atoms with E-state index in [2.05, 4.69) is 9.46 Å². The number of ether oxygens (including phenoxy) is 2. The lowest BCUT2D eigenvalue weighted by atomic mass is 9.83. The minimum Gasteiger partial charge on any atom is -0.468 e. The van der Waals surface area contributed by atoms with Crippen LogP contribution in [0.5, 0.6) is 0 Å². The van der Waals surface area contributed by atoms with Gasteiger partial charge in [-0.3, -0.25) is 4.79 Å². The van der Waals surface area contributed by atoms with Gasteiger partial charge in [0.25, 0.3) is 0 Å². The van der Waals surface area contributed by atoms with Crippen LogP contribution in [-0.4, -0.2) is 40.1 Å². The van der Waals surface area contributed by atoms with Crippen LogP contribution in [0.2, 0.25) is 0 Å². The quantitative estimate of drug-likeness (QED) is 0.806. The van der Waals surface area contributed by atoms with Gasteiger partial charge in [0.05, 0.1) is 24.7 Å². The Bertz CT molecular complexity index is 705. The number of benzene rings is 1. The molecule has 24 heavy (non-hydrogen) atoms. The first-order valence-electron chi connectivity index (χ1n) is 7.65. The first-order valence-corrected chi connectivity index (χ1v) is 9.14. The molecule has 1 aromatic rings. The van der Waals surface area contributed by atoms with Gasteiger partial charge in [-0.1, -0.05) is 19.3 Å². The Kier molecular flexibility index (Phi) is 5.61. The monoisotopic (exact) mass is 355 g/mol. The van der Waals surface area contributed by atoms with Gasteiger partial charge in [-0.2, -0.15) is 4.72 Å². The highest BCUT2D eigenvalue weighted by Gasteiger charge is 2.44. The number of rotatable bonds is 5. The summed E-state index contributed by atoms with van der Waals surface area (Å²) in [5.41, 5.74) is -0.982. The van der Waals surface area contributed by atoms with Crippen LogP contribution in [0.3, 0.4) is 0 Å². The smallest absolute Gasteiger partial charge is 0.337 e. The second-order valence-corrected chi connectivity index (χ2v) is 7.44. The van der Waals surface area contributed by atoms with Crippen molar-refractivity contribution in [3.63, 3.8) is 0 Å². The van der Waals surface area contributed by atoms with E-state index in [4.69, 9.17) is 4.74 Å². The van der Waals surface area contributed by atoms with Gasteiger partial charge in [0, 0.05) is 0 Å². The van der Waals surface area contributed by atoms with Crippen molar-refractivity contribution in [3.8, 4) is 0 Å². The Morgan fingerprint density at radius 2 is 1.58 bits per heavy atom. The number of methoxy groups -OCH3 is 2. The lowest BCUT2D eigenvalue weighted by Gasteiger charge is -2.34. The van der Waals surface area contributed by atoms with E-state index in [-0.39, 0.29) is 10.5 Å². The molecule has 132 valence electrons. The minimum absolute atomic E-state index is 0.0241. The number of esters is 2. The van der Waals surface area contributed by atoms with E-state index in [1.54, 1.807) is 0 Å². The van der Waals surface area contributed by atoms with Crippen molar-refractivity contribution in [3.05, 3.63) is 29.8 Å². The van der Waals surface area contributed by atoms with Crippen molar-refractivity contribution >= 4 is 22.0 Å². The number of sulfonamides is 1. The molecule has 8 heteroatoms. The molecule has 7 nitrogen and oxygen atoms in total. The van der Waals surface area contributed by atoms with E-state index < -0.39 is 27.5 Å². The number of nitrogens with one attached hydrogen (secondary N) is 1. The molecule has 0 radical (unpaired) electrons. The molecule has 0 atom stereocenters. The van der Waals surface area contributed by atoms with E-state index >= 15 is 0 Å². The van der Waals surface area contributed by atoms with Crippen molar-refractivity contribution in [1.29, 1.82) is 0 Å². The van der Waals surface area contributed by atoms with Crippen LogP contribution in [-0.2, 0) is 24.3 Å². The molecule has 0 heterocycles. The number of hydrogen-bond acceptors (Lipinski definition) is 6. The molecule has 1 aliphatic carbocycles. The summed E-state index contributed by atoms with van der Waals surface area (Å²) in [6, 6.07) is 5.35. The second kappa shape index (κ2) is 7.31. The lowest BCUT2D eigenvalue weighted by Crippen LogP contribution is -2.55. The predicted molar refractivity (Wildman–Crippen MR) is 85.9 cm³/mol. The fourth-order valence-electron chi connectivity index (χ4n) is 2.90. The first-order chi connectivity index (χ1) is 11.3. The molecular weight excluding hydrogens is 334 g/mol. The molecule has 1 aliphatic rings. The second-order valence-electron chi connectivity index (χ2n) is 5.76. The van der Waals surface area contributed by atoms with Gasteiger partial charge in [0.1, 0.15) is 5.54 Å². The summed E-state index contributed by atoms with van der Waals surface area (Å²) in [5, 5.41) is 0.